The zero-order valence-electron chi connectivity index (χ0n) is 7.75. The van der Waals surface area contributed by atoms with Crippen LogP contribution >= 0.6 is 0 Å². The fourth-order valence-electron chi connectivity index (χ4n) is 1.34. The zero-order chi connectivity index (χ0) is 8.97. The molecule has 0 aromatic heterocycles. The lowest BCUT2D eigenvalue weighted by Crippen LogP contribution is -2.21. The van der Waals surface area contributed by atoms with E-state index >= 15 is 0 Å². The number of hydrogen-bond acceptors (Lipinski definition) is 2. The quantitative estimate of drug-likeness (QED) is 0.467. The fourth-order valence-corrected chi connectivity index (χ4v) is 1.34. The van der Waals surface area contributed by atoms with Gasteiger partial charge in [0.2, 0.25) is 0 Å². The monoisotopic (exact) mass is 168 g/mol. The number of allylic oxidation sites excluding steroid dienone is 2. The third kappa shape index (κ3) is 2.68. The third-order valence-electron chi connectivity index (χ3n) is 1.95. The first-order valence-corrected chi connectivity index (χ1v) is 4.55. The second-order valence-electron chi connectivity index (χ2n) is 3.47. The van der Waals surface area contributed by atoms with Crippen molar-refractivity contribution in [1.29, 1.82) is 0 Å². The lowest BCUT2D eigenvalue weighted by molar-refractivity contribution is -0.152. The van der Waals surface area contributed by atoms with Gasteiger partial charge in [-0.25, -0.2) is 0 Å². The molecule has 0 saturated carbocycles. The van der Waals surface area contributed by atoms with Crippen LogP contribution in [0.3, 0.4) is 0 Å². The van der Waals surface area contributed by atoms with Gasteiger partial charge in [0.05, 0.1) is 12.0 Å². The smallest absolute Gasteiger partial charge is 0.309 e. The van der Waals surface area contributed by atoms with Gasteiger partial charge in [-0.3, -0.25) is 4.79 Å². The van der Waals surface area contributed by atoms with E-state index in [4.69, 9.17) is 4.74 Å². The Balaban J connectivity index is 2.36. The van der Waals surface area contributed by atoms with Crippen LogP contribution in [0, 0.1) is 5.92 Å². The minimum Gasteiger partial charge on any atom is -0.463 e. The topological polar surface area (TPSA) is 26.3 Å². The van der Waals surface area contributed by atoms with E-state index in [0.29, 0.717) is 0 Å². The van der Waals surface area contributed by atoms with E-state index in [2.05, 4.69) is 12.2 Å². The maximum Gasteiger partial charge on any atom is 0.309 e. The highest BCUT2D eigenvalue weighted by molar-refractivity contribution is 5.73. The van der Waals surface area contributed by atoms with Gasteiger partial charge in [-0.1, -0.05) is 12.2 Å². The highest BCUT2D eigenvalue weighted by atomic mass is 16.5. The molecule has 0 aromatic carbocycles. The summed E-state index contributed by atoms with van der Waals surface area (Å²) in [6, 6.07) is 0. The molecule has 1 rings (SSSR count). The Morgan fingerprint density at radius 1 is 1.50 bits per heavy atom. The maximum atomic E-state index is 11.4. The summed E-state index contributed by atoms with van der Waals surface area (Å²) in [6.07, 6.45) is 7.02. The first kappa shape index (κ1) is 9.30. The normalized spacial score (nSPS) is 22.8. The van der Waals surface area contributed by atoms with Crippen LogP contribution in [0.4, 0.5) is 0 Å². The van der Waals surface area contributed by atoms with Gasteiger partial charge in [-0.2, -0.15) is 0 Å². The van der Waals surface area contributed by atoms with E-state index in [1.807, 2.05) is 13.8 Å². The van der Waals surface area contributed by atoms with Crippen molar-refractivity contribution >= 4 is 5.97 Å². The Labute approximate surface area is 73.6 Å². The SMILES string of the molecule is CC(C)OC(=O)C1CC=CCC1. The molecule has 2 heteroatoms. The first-order chi connectivity index (χ1) is 5.70. The number of carbonyl (C=O) groups excluding carboxylic acids is 1. The van der Waals surface area contributed by atoms with Crippen molar-refractivity contribution in [2.75, 3.05) is 0 Å². The number of rotatable bonds is 2. The Hall–Kier alpha value is -0.790. The Kier molecular flexibility index (Phi) is 3.32. The second kappa shape index (κ2) is 4.29. The first-order valence-electron chi connectivity index (χ1n) is 4.55. The minimum atomic E-state index is -0.0330. The molecule has 1 aliphatic carbocycles. The van der Waals surface area contributed by atoms with Gasteiger partial charge in [0.25, 0.3) is 0 Å². The highest BCUT2D eigenvalue weighted by Crippen LogP contribution is 2.19. The summed E-state index contributed by atoms with van der Waals surface area (Å²) < 4.78 is 5.12. The Morgan fingerprint density at radius 3 is 2.75 bits per heavy atom. The second-order valence-corrected chi connectivity index (χ2v) is 3.47. The summed E-state index contributed by atoms with van der Waals surface area (Å²) in [4.78, 5) is 11.4. The molecular formula is C10H16O2. The summed E-state index contributed by atoms with van der Waals surface area (Å²) in [7, 11) is 0. The van der Waals surface area contributed by atoms with Crippen molar-refractivity contribution in [1.82, 2.24) is 0 Å². The molecule has 0 amide bonds. The van der Waals surface area contributed by atoms with Crippen LogP contribution in [0.5, 0.6) is 0 Å². The standard InChI is InChI=1S/C10H16O2/c1-8(2)12-10(11)9-6-4-3-5-7-9/h3-4,8-9H,5-7H2,1-2H3. The minimum absolute atomic E-state index is 0.0170. The average Bonchev–Trinajstić information content (AvgIpc) is 2.05. The van der Waals surface area contributed by atoms with Crippen molar-refractivity contribution in [3.05, 3.63) is 12.2 Å². The molecule has 0 N–H and O–H groups in total. The molecule has 1 aliphatic rings. The van der Waals surface area contributed by atoms with E-state index in [1.54, 1.807) is 0 Å². The van der Waals surface area contributed by atoms with Gasteiger partial charge < -0.3 is 4.74 Å². The van der Waals surface area contributed by atoms with Crippen LogP contribution in [0.2, 0.25) is 0 Å². The van der Waals surface area contributed by atoms with Gasteiger partial charge in [0.1, 0.15) is 0 Å². The predicted octanol–water partition coefficient (Wildman–Crippen LogP) is 2.29. The van der Waals surface area contributed by atoms with Gasteiger partial charge in [-0.05, 0) is 33.1 Å². The van der Waals surface area contributed by atoms with Crippen LogP contribution in [0.1, 0.15) is 33.1 Å². The van der Waals surface area contributed by atoms with Crippen molar-refractivity contribution in [3.8, 4) is 0 Å². The molecule has 0 heterocycles. The summed E-state index contributed by atoms with van der Waals surface area (Å²) in [5, 5.41) is 0. The van der Waals surface area contributed by atoms with Crippen LogP contribution < -0.4 is 0 Å². The van der Waals surface area contributed by atoms with Crippen LogP contribution in [-0.4, -0.2) is 12.1 Å². The number of ether oxygens (including phenoxy) is 1. The van der Waals surface area contributed by atoms with Crippen molar-refractivity contribution < 1.29 is 9.53 Å². The Morgan fingerprint density at radius 2 is 2.25 bits per heavy atom. The third-order valence-corrected chi connectivity index (χ3v) is 1.95. The van der Waals surface area contributed by atoms with E-state index in [1.165, 1.54) is 0 Å². The average molecular weight is 168 g/mol. The van der Waals surface area contributed by atoms with Crippen molar-refractivity contribution in [2.45, 2.75) is 39.2 Å². The van der Waals surface area contributed by atoms with Gasteiger partial charge in [0.15, 0.2) is 0 Å². The van der Waals surface area contributed by atoms with Crippen molar-refractivity contribution in [2.24, 2.45) is 5.92 Å². The summed E-state index contributed by atoms with van der Waals surface area (Å²) >= 11 is 0. The highest BCUT2D eigenvalue weighted by Gasteiger charge is 2.20. The number of esters is 1. The summed E-state index contributed by atoms with van der Waals surface area (Å²) in [6.45, 7) is 3.77. The van der Waals surface area contributed by atoms with Gasteiger partial charge in [-0.15, -0.1) is 0 Å². The molecule has 0 fully saturated rings. The Bertz CT molecular complexity index is 182. The number of carbonyl (C=O) groups is 1. The summed E-state index contributed by atoms with van der Waals surface area (Å²) in [5.74, 6) is 0.0757. The van der Waals surface area contributed by atoms with Crippen molar-refractivity contribution in [3.63, 3.8) is 0 Å². The van der Waals surface area contributed by atoms with Gasteiger partial charge >= 0.3 is 5.97 Å². The zero-order valence-corrected chi connectivity index (χ0v) is 7.75. The molecule has 0 saturated heterocycles. The maximum absolute atomic E-state index is 11.4. The molecular weight excluding hydrogens is 152 g/mol. The molecule has 1 unspecified atom stereocenters. The van der Waals surface area contributed by atoms with E-state index in [-0.39, 0.29) is 18.0 Å². The molecule has 1 atom stereocenters. The van der Waals surface area contributed by atoms with E-state index < -0.39 is 0 Å². The van der Waals surface area contributed by atoms with Crippen LogP contribution in [0.15, 0.2) is 12.2 Å². The lowest BCUT2D eigenvalue weighted by atomic mass is 9.95. The van der Waals surface area contributed by atoms with Crippen LogP contribution in [-0.2, 0) is 9.53 Å². The summed E-state index contributed by atoms with van der Waals surface area (Å²) in [5.41, 5.74) is 0. The molecule has 2 nitrogen and oxygen atoms in total. The van der Waals surface area contributed by atoms with E-state index in [0.717, 1.165) is 19.3 Å². The molecule has 0 bridgehead atoms. The van der Waals surface area contributed by atoms with Crippen LogP contribution in [0.25, 0.3) is 0 Å². The largest absolute Gasteiger partial charge is 0.463 e. The lowest BCUT2D eigenvalue weighted by Gasteiger charge is -2.17. The molecule has 0 aromatic rings. The van der Waals surface area contributed by atoms with E-state index in [9.17, 15) is 4.79 Å². The number of hydrogen-bond donors (Lipinski definition) is 0. The molecule has 12 heavy (non-hydrogen) atoms. The molecule has 0 spiro atoms. The molecule has 0 radical (unpaired) electrons. The molecule has 0 aliphatic heterocycles. The molecule has 68 valence electrons. The van der Waals surface area contributed by atoms with Gasteiger partial charge in [0, 0.05) is 0 Å². The fraction of sp³-hybridized carbons (Fsp3) is 0.700. The predicted molar refractivity (Wildman–Crippen MR) is 47.7 cm³/mol.